The molecule has 0 fully saturated rings. The first-order valence-electron chi connectivity index (χ1n) is 5.69. The third-order valence-electron chi connectivity index (χ3n) is 2.53. The maximum atomic E-state index is 11.9. The number of thioether (sulfide) groups is 1. The number of carbonyl (C=O) groups is 1. The Morgan fingerprint density at radius 3 is 3.05 bits per heavy atom. The van der Waals surface area contributed by atoms with Crippen LogP contribution in [-0.4, -0.2) is 44.1 Å². The van der Waals surface area contributed by atoms with E-state index in [0.717, 1.165) is 17.3 Å². The molecule has 2 rings (SSSR count). The molecule has 0 aromatic carbocycles. The molecule has 102 valence electrons. The van der Waals surface area contributed by atoms with Gasteiger partial charge in [0.15, 0.2) is 0 Å². The molecule has 0 spiro atoms. The number of aromatic nitrogens is 5. The Bertz CT molecular complexity index is 526. The van der Waals surface area contributed by atoms with Crippen LogP contribution in [-0.2, 0) is 11.8 Å². The number of tetrazole rings is 1. The van der Waals surface area contributed by atoms with E-state index in [1.165, 1.54) is 29.1 Å². The van der Waals surface area contributed by atoms with Gasteiger partial charge in [-0.3, -0.25) is 4.79 Å². The lowest BCUT2D eigenvalue weighted by Gasteiger charge is -2.13. The molecule has 0 radical (unpaired) electrons. The van der Waals surface area contributed by atoms with E-state index in [0.29, 0.717) is 12.1 Å². The molecule has 8 nitrogen and oxygen atoms in total. The zero-order valence-electron chi connectivity index (χ0n) is 10.7. The van der Waals surface area contributed by atoms with Crippen molar-refractivity contribution in [3.05, 3.63) is 12.5 Å². The number of carbonyl (C=O) groups excluding carboxylic acids is 1. The number of anilines is 1. The molecule has 0 aliphatic carbocycles. The molecule has 1 amide bonds. The number of hydrogen-bond donors (Lipinski definition) is 0. The molecule has 0 bridgehead atoms. The van der Waals surface area contributed by atoms with Crippen LogP contribution in [0.25, 0.3) is 0 Å². The van der Waals surface area contributed by atoms with Crippen LogP contribution >= 0.6 is 11.8 Å². The van der Waals surface area contributed by atoms with Gasteiger partial charge in [0.1, 0.15) is 12.0 Å². The molecule has 0 saturated carbocycles. The van der Waals surface area contributed by atoms with Crippen molar-refractivity contribution in [2.45, 2.75) is 18.0 Å². The van der Waals surface area contributed by atoms with Crippen molar-refractivity contribution >= 4 is 23.4 Å². The van der Waals surface area contributed by atoms with E-state index in [9.17, 15) is 4.79 Å². The van der Waals surface area contributed by atoms with E-state index in [1.807, 2.05) is 0 Å². The Morgan fingerprint density at radius 1 is 1.58 bits per heavy atom. The highest BCUT2D eigenvalue weighted by atomic mass is 32.2. The van der Waals surface area contributed by atoms with Gasteiger partial charge in [0.25, 0.3) is 0 Å². The fraction of sp³-hybridized carbons (Fsp3) is 0.500. The molecule has 0 unspecified atom stereocenters. The van der Waals surface area contributed by atoms with Crippen LogP contribution in [0, 0.1) is 0 Å². The minimum atomic E-state index is 0.0277. The van der Waals surface area contributed by atoms with Crippen LogP contribution < -0.4 is 4.90 Å². The molecule has 0 atom stereocenters. The van der Waals surface area contributed by atoms with E-state index < -0.39 is 0 Å². The number of aryl methyl sites for hydroxylation is 1. The summed E-state index contributed by atoms with van der Waals surface area (Å²) in [7, 11) is 3.49. The average Bonchev–Trinajstić information content (AvgIpc) is 3.05. The minimum absolute atomic E-state index is 0.0277. The van der Waals surface area contributed by atoms with Crippen LogP contribution in [0.5, 0.6) is 0 Å². The van der Waals surface area contributed by atoms with E-state index in [2.05, 4.69) is 20.7 Å². The lowest BCUT2D eigenvalue weighted by molar-refractivity contribution is -0.118. The van der Waals surface area contributed by atoms with Gasteiger partial charge in [-0.1, -0.05) is 16.9 Å². The molecule has 0 aliphatic rings. The smallest absolute Gasteiger partial charge is 0.226 e. The molecule has 2 aromatic heterocycles. The maximum absolute atomic E-state index is 11.9. The lowest BCUT2D eigenvalue weighted by Crippen LogP contribution is -2.25. The first-order valence-corrected chi connectivity index (χ1v) is 6.68. The number of rotatable bonds is 6. The number of nitrogens with zero attached hydrogens (tertiary/aromatic N) is 6. The van der Waals surface area contributed by atoms with Gasteiger partial charge in [-0.2, -0.15) is 0 Å². The molecule has 0 aliphatic heterocycles. The van der Waals surface area contributed by atoms with Crippen molar-refractivity contribution in [1.82, 2.24) is 25.4 Å². The fourth-order valence-electron chi connectivity index (χ4n) is 1.41. The van der Waals surface area contributed by atoms with E-state index in [4.69, 9.17) is 4.52 Å². The summed E-state index contributed by atoms with van der Waals surface area (Å²) in [4.78, 5) is 13.4. The van der Waals surface area contributed by atoms with E-state index in [1.54, 1.807) is 18.8 Å². The Balaban J connectivity index is 1.71. The van der Waals surface area contributed by atoms with Gasteiger partial charge in [-0.05, 0) is 16.8 Å². The highest BCUT2D eigenvalue weighted by Crippen LogP contribution is 2.16. The van der Waals surface area contributed by atoms with Crippen LogP contribution in [0.15, 0.2) is 22.1 Å². The van der Waals surface area contributed by atoms with E-state index >= 15 is 0 Å². The summed E-state index contributed by atoms with van der Waals surface area (Å²) in [6, 6.07) is 0. The zero-order chi connectivity index (χ0) is 13.7. The minimum Gasteiger partial charge on any atom is -0.363 e. The number of hydrogen-bond acceptors (Lipinski definition) is 7. The normalized spacial score (nSPS) is 10.6. The SMILES string of the molecule is CN(C(=O)CCCSc1nnnn1C)c1cnoc1. The Kier molecular flexibility index (Phi) is 4.50. The predicted molar refractivity (Wildman–Crippen MR) is 68.7 cm³/mol. The Hall–Kier alpha value is -1.90. The van der Waals surface area contributed by atoms with Crippen molar-refractivity contribution in [2.75, 3.05) is 17.7 Å². The highest BCUT2D eigenvalue weighted by Gasteiger charge is 2.12. The summed E-state index contributed by atoms with van der Waals surface area (Å²) in [6.07, 6.45) is 4.17. The number of amides is 1. The quantitative estimate of drug-likeness (QED) is 0.570. The van der Waals surface area contributed by atoms with Crippen LogP contribution in [0.1, 0.15) is 12.8 Å². The molecule has 2 heterocycles. The molecule has 0 N–H and O–H groups in total. The fourth-order valence-corrected chi connectivity index (χ4v) is 2.20. The van der Waals surface area contributed by atoms with Gasteiger partial charge >= 0.3 is 0 Å². The Morgan fingerprint density at radius 2 is 2.42 bits per heavy atom. The van der Waals surface area contributed by atoms with Crippen molar-refractivity contribution < 1.29 is 9.32 Å². The lowest BCUT2D eigenvalue weighted by atomic mass is 10.3. The van der Waals surface area contributed by atoms with Gasteiger partial charge in [-0.15, -0.1) is 5.10 Å². The van der Waals surface area contributed by atoms with Gasteiger partial charge in [0.05, 0.1) is 6.20 Å². The maximum Gasteiger partial charge on any atom is 0.226 e. The van der Waals surface area contributed by atoms with Crippen molar-refractivity contribution in [3.63, 3.8) is 0 Å². The summed E-state index contributed by atoms with van der Waals surface area (Å²) in [6.45, 7) is 0. The summed E-state index contributed by atoms with van der Waals surface area (Å²) < 4.78 is 6.31. The van der Waals surface area contributed by atoms with Crippen molar-refractivity contribution in [3.8, 4) is 0 Å². The topological polar surface area (TPSA) is 89.9 Å². The summed E-state index contributed by atoms with van der Waals surface area (Å²) in [5, 5.41) is 15.5. The predicted octanol–water partition coefficient (Wildman–Crippen LogP) is 0.733. The van der Waals surface area contributed by atoms with Crippen molar-refractivity contribution in [2.24, 2.45) is 7.05 Å². The Labute approximate surface area is 114 Å². The second kappa shape index (κ2) is 6.32. The molecular formula is C10H14N6O2S. The van der Waals surface area contributed by atoms with Gasteiger partial charge in [0, 0.05) is 26.3 Å². The molecule has 19 heavy (non-hydrogen) atoms. The van der Waals surface area contributed by atoms with E-state index in [-0.39, 0.29) is 5.91 Å². The third-order valence-corrected chi connectivity index (χ3v) is 3.62. The molecule has 9 heteroatoms. The van der Waals surface area contributed by atoms with Crippen LogP contribution in [0.4, 0.5) is 5.69 Å². The van der Waals surface area contributed by atoms with Gasteiger partial charge in [-0.25, -0.2) is 4.68 Å². The summed E-state index contributed by atoms with van der Waals surface area (Å²) in [5.41, 5.74) is 0.662. The summed E-state index contributed by atoms with van der Waals surface area (Å²) in [5.74, 6) is 0.817. The monoisotopic (exact) mass is 282 g/mol. The van der Waals surface area contributed by atoms with Crippen molar-refractivity contribution in [1.29, 1.82) is 0 Å². The van der Waals surface area contributed by atoms with Gasteiger partial charge in [0.2, 0.25) is 11.1 Å². The second-order valence-electron chi connectivity index (χ2n) is 3.87. The molecule has 0 saturated heterocycles. The second-order valence-corrected chi connectivity index (χ2v) is 4.93. The summed E-state index contributed by atoms with van der Waals surface area (Å²) >= 11 is 1.53. The average molecular weight is 282 g/mol. The van der Waals surface area contributed by atoms with Crippen LogP contribution in [0.3, 0.4) is 0 Å². The highest BCUT2D eigenvalue weighted by molar-refractivity contribution is 7.99. The first kappa shape index (κ1) is 13.5. The third kappa shape index (κ3) is 3.53. The first-order chi connectivity index (χ1) is 9.18. The largest absolute Gasteiger partial charge is 0.363 e. The zero-order valence-corrected chi connectivity index (χ0v) is 11.5. The van der Waals surface area contributed by atoms with Crippen LogP contribution in [0.2, 0.25) is 0 Å². The molecular weight excluding hydrogens is 268 g/mol. The molecule has 2 aromatic rings. The standard InChI is InChI=1S/C10H14N6O2S/c1-15(8-6-11-18-7-8)9(17)4-3-5-19-10-12-13-14-16(10)2/h6-7H,3-5H2,1-2H3. The van der Waals surface area contributed by atoms with Gasteiger partial charge < -0.3 is 9.42 Å².